The summed E-state index contributed by atoms with van der Waals surface area (Å²) in [5.41, 5.74) is 5.08. The Balaban J connectivity index is 0.00000449. The minimum atomic E-state index is -1.02. The number of carboxylic acid groups (broad SMARTS) is 1. The summed E-state index contributed by atoms with van der Waals surface area (Å²) in [7, 11) is 17.2. The van der Waals surface area contributed by atoms with E-state index in [9.17, 15) is 9.90 Å². The lowest BCUT2D eigenvalue weighted by molar-refractivity contribution is -0.870. The number of quaternary nitrogens is 2. The third-order valence-electron chi connectivity index (χ3n) is 11.2. The van der Waals surface area contributed by atoms with Gasteiger partial charge in [0.15, 0.2) is 0 Å². The van der Waals surface area contributed by atoms with Crippen LogP contribution in [-0.2, 0) is 28.5 Å². The molecule has 5 aromatic rings. The lowest BCUT2D eigenvalue weighted by Gasteiger charge is -2.23. The average Bonchev–Trinajstić information content (AvgIpc) is 3.58. The van der Waals surface area contributed by atoms with E-state index in [1.54, 1.807) is 52.7 Å². The van der Waals surface area contributed by atoms with Crippen LogP contribution in [0.4, 0.5) is 0 Å². The van der Waals surface area contributed by atoms with Crippen LogP contribution in [0.2, 0.25) is 0 Å². The van der Waals surface area contributed by atoms with Crippen LogP contribution < -0.4 is 58.1 Å². The number of ether oxygens (including phenoxy) is 10. The molecule has 0 aliphatic rings. The van der Waals surface area contributed by atoms with E-state index in [1.807, 2.05) is 54.6 Å². The van der Waals surface area contributed by atoms with E-state index in [-0.39, 0.29) is 56.3 Å². The largest absolute Gasteiger partial charge is 1.00 e. The molecule has 0 amide bonds. The van der Waals surface area contributed by atoms with E-state index < -0.39 is 5.97 Å². The fraction of sp³-hybridized carbons (Fsp3) is 0.375. The number of hydrogen-bond acceptors (Lipinski definition) is 13. The Kier molecular flexibility index (Phi) is 34.1. The third-order valence-corrected chi connectivity index (χ3v) is 11.2. The van der Waals surface area contributed by atoms with Crippen LogP contribution in [0.25, 0.3) is 0 Å². The van der Waals surface area contributed by atoms with E-state index in [0.717, 1.165) is 42.4 Å². The summed E-state index contributed by atoms with van der Waals surface area (Å²) in [6.07, 6.45) is 2.82. The molecule has 0 fully saturated rings. The van der Waals surface area contributed by atoms with Gasteiger partial charge in [-0.05, 0) is 49.2 Å². The molecule has 0 bridgehead atoms. The van der Waals surface area contributed by atoms with Gasteiger partial charge in [-0.3, -0.25) is 0 Å². The third kappa shape index (κ3) is 26.3. The van der Waals surface area contributed by atoms with Gasteiger partial charge < -0.3 is 86.7 Å². The van der Waals surface area contributed by atoms with Crippen molar-refractivity contribution in [1.82, 2.24) is 0 Å². The summed E-state index contributed by atoms with van der Waals surface area (Å²) in [6.45, 7) is 5.21. The first-order valence-electron chi connectivity index (χ1n) is 26.0. The Morgan fingerprint density at radius 2 is 0.744 bits per heavy atom. The summed E-state index contributed by atoms with van der Waals surface area (Å²) < 4.78 is 60.5. The lowest BCUT2D eigenvalue weighted by Crippen LogP contribution is -3.05. The summed E-state index contributed by atoms with van der Waals surface area (Å²) in [5, 5.41) is 9.41. The number of benzene rings is 5. The molecule has 0 spiro atoms. The number of carbonyl (C=O) groups excluding carboxylic acids is 2. The SMILES string of the molecule is COCCOc1cc(C#Cc2cc(OCCC[N+](C)(C)C)c(C#Cc3cc(OCCOC)c(C#Cc4ccc(C(=O)O)cc4)cc3OCCOC)cc2OCCCC[NH+](C)C)c(OCCOC)cc1C#Cc1ccccc1.O=C=O.[Cl-].[Cl-]. The van der Waals surface area contributed by atoms with E-state index in [2.05, 4.69) is 82.6 Å². The van der Waals surface area contributed by atoms with Crippen LogP contribution in [-0.4, -0.2) is 165 Å². The minimum Gasteiger partial charge on any atom is -1.00 e. The highest BCUT2D eigenvalue weighted by Crippen LogP contribution is 2.33. The van der Waals surface area contributed by atoms with E-state index in [0.29, 0.717) is 120 Å². The van der Waals surface area contributed by atoms with Crippen molar-refractivity contribution < 1.29 is 101 Å². The number of methoxy groups -OCH3 is 4. The van der Waals surface area contributed by atoms with Gasteiger partial charge in [-0.25, -0.2) is 4.79 Å². The second kappa shape index (κ2) is 39.7. The molecule has 0 radical (unpaired) electrons. The van der Waals surface area contributed by atoms with E-state index >= 15 is 0 Å². The number of carbonyl (C=O) groups is 1. The number of carboxylic acids is 1. The molecule has 5 rings (SSSR count). The first-order chi connectivity index (χ1) is 38.7. The zero-order chi connectivity index (χ0) is 58.0. The molecule has 0 unspecified atom stereocenters. The predicted molar refractivity (Wildman–Crippen MR) is 303 cm³/mol. The van der Waals surface area contributed by atoms with Gasteiger partial charge in [0.2, 0.25) is 0 Å². The fourth-order valence-electron chi connectivity index (χ4n) is 7.17. The Morgan fingerprint density at radius 3 is 1.05 bits per heavy atom. The van der Waals surface area contributed by atoms with Crippen LogP contribution in [0.1, 0.15) is 74.1 Å². The molecule has 5 aromatic carbocycles. The van der Waals surface area contributed by atoms with Crippen LogP contribution in [0.5, 0.6) is 34.5 Å². The molecule has 2 N–H and O–H groups in total. The number of hydrogen-bond donors (Lipinski definition) is 2. The van der Waals surface area contributed by atoms with E-state index in [4.69, 9.17) is 57.0 Å². The highest BCUT2D eigenvalue weighted by atomic mass is 35.5. The number of unbranched alkanes of at least 4 members (excludes halogenated alkanes) is 1. The number of nitrogens with one attached hydrogen (secondary N) is 1. The van der Waals surface area contributed by atoms with Crippen molar-refractivity contribution in [2.75, 3.05) is 143 Å². The summed E-state index contributed by atoms with van der Waals surface area (Å²) >= 11 is 0. The second-order valence-electron chi connectivity index (χ2n) is 19.0. The Hall–Kier alpha value is -7.67. The van der Waals surface area contributed by atoms with Gasteiger partial charge in [0.25, 0.3) is 0 Å². The van der Waals surface area contributed by atoms with Crippen molar-refractivity contribution >= 4 is 12.1 Å². The van der Waals surface area contributed by atoms with Crippen LogP contribution in [0.15, 0.2) is 91.0 Å². The molecule has 18 heteroatoms. The van der Waals surface area contributed by atoms with Gasteiger partial charge in [0, 0.05) is 82.4 Å². The van der Waals surface area contributed by atoms with Gasteiger partial charge in [-0.1, -0.05) is 65.6 Å². The standard InChI is InChI=1S/C63H72N2O12.CO2.2ClH/c1-64(2)30-13-14-32-72-57-44-54(27-29-56-47-60(75-39-35-69-7)52(43-62(56)77-41-37-71-9)25-21-49-18-22-50(23-19-49)63(66)67)58(73-33-15-31-65(3,4)5)45-53(57)26-28-55-46-59(74-38-34-68-6)51(42-61(55)76-40-36-70-8)24-20-48-16-11-10-12-17-48;2-1-3;;/h10-12,16-19,22-23,42-47H,13-15,30-41H2,1-9H3;;2*1H. The maximum Gasteiger partial charge on any atom is 0.373 e. The maximum absolute atomic E-state index is 11.5. The van der Waals surface area contributed by atoms with Gasteiger partial charge in [-0.2, -0.15) is 9.59 Å². The van der Waals surface area contributed by atoms with Gasteiger partial charge in [0.05, 0.1) is 127 Å². The van der Waals surface area contributed by atoms with Crippen molar-refractivity contribution in [2.45, 2.75) is 19.3 Å². The zero-order valence-electron chi connectivity index (χ0n) is 48.2. The molecule has 0 aliphatic heterocycles. The molecular weight excluding hydrogens is 1090 g/mol. The molecule has 0 saturated carbocycles. The van der Waals surface area contributed by atoms with Crippen molar-refractivity contribution in [3.63, 3.8) is 0 Å². The quantitative estimate of drug-likeness (QED) is 0.0399. The molecule has 82 heavy (non-hydrogen) atoms. The van der Waals surface area contributed by atoms with Crippen molar-refractivity contribution in [3.8, 4) is 81.9 Å². The molecule has 16 nitrogen and oxygen atoms in total. The topological polar surface area (TPSA) is 168 Å². The Bertz CT molecular complexity index is 3040. The highest BCUT2D eigenvalue weighted by molar-refractivity contribution is 5.87. The number of aromatic carboxylic acids is 1. The highest BCUT2D eigenvalue weighted by Gasteiger charge is 2.17. The molecule has 0 aromatic heterocycles. The molecule has 0 aliphatic carbocycles. The van der Waals surface area contributed by atoms with Crippen LogP contribution in [0, 0.1) is 47.4 Å². The molecular formula is C64H74Cl2N2O14. The first-order valence-corrected chi connectivity index (χ1v) is 26.0. The summed E-state index contributed by atoms with van der Waals surface area (Å²) in [4.78, 5) is 29.1. The first kappa shape index (κ1) is 70.4. The monoisotopic (exact) mass is 1160 g/mol. The lowest BCUT2D eigenvalue weighted by atomic mass is 10.0. The molecule has 438 valence electrons. The zero-order valence-corrected chi connectivity index (χ0v) is 49.7. The maximum atomic E-state index is 11.5. The summed E-state index contributed by atoms with van der Waals surface area (Å²) in [6, 6.07) is 27.2. The predicted octanol–water partition coefficient (Wildman–Crippen LogP) is 0.288. The molecule has 0 atom stereocenters. The summed E-state index contributed by atoms with van der Waals surface area (Å²) in [5.74, 6) is 28.4. The number of nitrogens with zero attached hydrogens (tertiary/aromatic N) is 1. The smallest absolute Gasteiger partial charge is 0.373 e. The van der Waals surface area contributed by atoms with E-state index in [1.165, 1.54) is 17.0 Å². The van der Waals surface area contributed by atoms with Gasteiger partial charge >= 0.3 is 12.1 Å². The van der Waals surface area contributed by atoms with Gasteiger partial charge in [0.1, 0.15) is 60.9 Å². The minimum absolute atomic E-state index is 0. The van der Waals surface area contributed by atoms with Gasteiger partial charge in [-0.15, -0.1) is 0 Å². The number of halogens is 2. The van der Waals surface area contributed by atoms with Crippen molar-refractivity contribution in [1.29, 1.82) is 0 Å². The fourth-order valence-corrected chi connectivity index (χ4v) is 7.17. The Morgan fingerprint density at radius 1 is 0.439 bits per heavy atom. The molecule has 0 saturated heterocycles. The molecule has 0 heterocycles. The normalized spacial score (nSPS) is 10.1. The average molecular weight is 1170 g/mol. The van der Waals surface area contributed by atoms with Crippen molar-refractivity contribution in [3.05, 3.63) is 141 Å². The van der Waals surface area contributed by atoms with Crippen LogP contribution >= 0.6 is 0 Å². The Labute approximate surface area is 496 Å². The second-order valence-corrected chi connectivity index (χ2v) is 19.0. The number of rotatable bonds is 28. The van der Waals surface area contributed by atoms with Crippen molar-refractivity contribution in [2.24, 2.45) is 0 Å². The van der Waals surface area contributed by atoms with Crippen LogP contribution in [0.3, 0.4) is 0 Å².